The predicted molar refractivity (Wildman–Crippen MR) is 63.3 cm³/mol. The van der Waals surface area contributed by atoms with Crippen LogP contribution in [0.3, 0.4) is 0 Å². The van der Waals surface area contributed by atoms with Crippen molar-refractivity contribution < 1.29 is 18.7 Å². The summed E-state index contributed by atoms with van der Waals surface area (Å²) >= 11 is 0. The maximum Gasteiger partial charge on any atom is 0.197 e. The number of benzene rings is 1. The molecule has 0 aromatic heterocycles. The third kappa shape index (κ3) is 2.58. The third-order valence-corrected chi connectivity index (χ3v) is 3.53. The summed E-state index contributed by atoms with van der Waals surface area (Å²) in [5.41, 5.74) is -1.88. The molecule has 0 atom stereocenters. The first-order valence-electron chi connectivity index (χ1n) is 6.25. The lowest BCUT2D eigenvalue weighted by Gasteiger charge is -2.25. The van der Waals surface area contributed by atoms with Gasteiger partial charge in [-0.05, 0) is 31.0 Å². The first kappa shape index (κ1) is 13.1. The van der Waals surface area contributed by atoms with Gasteiger partial charge in [0.15, 0.2) is 5.78 Å². The van der Waals surface area contributed by atoms with Crippen molar-refractivity contribution in [2.45, 2.75) is 44.1 Å². The zero-order chi connectivity index (χ0) is 13.2. The highest BCUT2D eigenvalue weighted by Crippen LogP contribution is 2.31. The van der Waals surface area contributed by atoms with Crippen LogP contribution in [-0.2, 0) is 0 Å². The Morgan fingerprint density at radius 1 is 1.11 bits per heavy atom. The number of rotatable bonds is 2. The second-order valence-electron chi connectivity index (χ2n) is 4.90. The topological polar surface area (TPSA) is 37.3 Å². The summed E-state index contributed by atoms with van der Waals surface area (Å²) in [5.74, 6) is -2.14. The Balaban J connectivity index is 2.31. The molecule has 1 aromatic carbocycles. The normalized spacial score (nSPS) is 19.3. The Labute approximate surface area is 105 Å². The molecular formula is C14H16F2O2. The van der Waals surface area contributed by atoms with Gasteiger partial charge in [0.1, 0.15) is 17.2 Å². The monoisotopic (exact) mass is 254 g/mol. The van der Waals surface area contributed by atoms with Gasteiger partial charge < -0.3 is 5.11 Å². The van der Waals surface area contributed by atoms with Crippen LogP contribution in [0.25, 0.3) is 0 Å². The maximum absolute atomic E-state index is 13.5. The zero-order valence-corrected chi connectivity index (χ0v) is 10.1. The maximum atomic E-state index is 13.5. The van der Waals surface area contributed by atoms with E-state index in [1.54, 1.807) is 0 Å². The molecule has 4 heteroatoms. The average molecular weight is 254 g/mol. The highest BCUT2D eigenvalue weighted by Gasteiger charge is 2.37. The Morgan fingerprint density at radius 3 is 2.33 bits per heavy atom. The minimum atomic E-state index is -1.54. The van der Waals surface area contributed by atoms with Gasteiger partial charge in [-0.25, -0.2) is 8.78 Å². The molecular weight excluding hydrogens is 238 g/mol. The number of halogens is 2. The molecule has 1 fully saturated rings. The lowest BCUT2D eigenvalue weighted by Crippen LogP contribution is -2.38. The fourth-order valence-corrected chi connectivity index (χ4v) is 2.46. The molecule has 0 heterocycles. The van der Waals surface area contributed by atoms with Gasteiger partial charge in [-0.1, -0.05) is 25.7 Å². The summed E-state index contributed by atoms with van der Waals surface area (Å²) in [4.78, 5) is 12.2. The summed E-state index contributed by atoms with van der Waals surface area (Å²) in [7, 11) is 0. The smallest absolute Gasteiger partial charge is 0.197 e. The largest absolute Gasteiger partial charge is 0.382 e. The van der Waals surface area contributed by atoms with Crippen LogP contribution in [-0.4, -0.2) is 16.5 Å². The summed E-state index contributed by atoms with van der Waals surface area (Å²) in [6.45, 7) is 0. The lowest BCUT2D eigenvalue weighted by molar-refractivity contribution is 0.0233. The Kier molecular flexibility index (Phi) is 3.76. The van der Waals surface area contributed by atoms with E-state index >= 15 is 0 Å². The van der Waals surface area contributed by atoms with Crippen LogP contribution in [0.4, 0.5) is 8.78 Å². The molecule has 0 bridgehead atoms. The van der Waals surface area contributed by atoms with E-state index in [0.29, 0.717) is 12.8 Å². The van der Waals surface area contributed by atoms with E-state index < -0.39 is 23.0 Å². The van der Waals surface area contributed by atoms with Crippen molar-refractivity contribution in [2.75, 3.05) is 0 Å². The van der Waals surface area contributed by atoms with E-state index in [4.69, 9.17) is 0 Å². The molecule has 0 spiro atoms. The van der Waals surface area contributed by atoms with Crippen molar-refractivity contribution in [1.82, 2.24) is 0 Å². The molecule has 1 aliphatic rings. The van der Waals surface area contributed by atoms with Gasteiger partial charge in [0.05, 0.1) is 5.56 Å². The van der Waals surface area contributed by atoms with Gasteiger partial charge in [0.25, 0.3) is 0 Å². The van der Waals surface area contributed by atoms with E-state index in [9.17, 15) is 18.7 Å². The molecule has 1 aliphatic carbocycles. The van der Waals surface area contributed by atoms with Gasteiger partial charge in [-0.2, -0.15) is 0 Å². The number of carbonyl (C=O) groups excluding carboxylic acids is 1. The molecule has 1 N–H and O–H groups in total. The zero-order valence-electron chi connectivity index (χ0n) is 10.1. The number of Topliss-reactive ketones (excluding diaryl/α,β-unsaturated/α-hetero) is 1. The van der Waals surface area contributed by atoms with E-state index in [1.165, 1.54) is 0 Å². The molecule has 2 rings (SSSR count). The summed E-state index contributed by atoms with van der Waals surface area (Å²) in [6.07, 6.45) is 4.03. The molecule has 0 unspecified atom stereocenters. The molecule has 1 aromatic rings. The summed E-state index contributed by atoms with van der Waals surface area (Å²) < 4.78 is 26.6. The van der Waals surface area contributed by atoms with E-state index in [2.05, 4.69) is 0 Å². The SMILES string of the molecule is O=C(c1cc(F)ccc1F)C1(O)CCCCCC1. The fraction of sp³-hybridized carbons (Fsp3) is 0.500. The van der Waals surface area contributed by atoms with Crippen molar-refractivity contribution in [3.63, 3.8) is 0 Å². The minimum Gasteiger partial charge on any atom is -0.382 e. The fourth-order valence-electron chi connectivity index (χ4n) is 2.46. The Hall–Kier alpha value is -1.29. The Morgan fingerprint density at radius 2 is 1.72 bits per heavy atom. The van der Waals surface area contributed by atoms with E-state index in [-0.39, 0.29) is 5.56 Å². The van der Waals surface area contributed by atoms with Gasteiger partial charge >= 0.3 is 0 Å². The molecule has 0 radical (unpaired) electrons. The van der Waals surface area contributed by atoms with Crippen molar-refractivity contribution >= 4 is 5.78 Å². The second-order valence-corrected chi connectivity index (χ2v) is 4.90. The molecule has 0 amide bonds. The van der Waals surface area contributed by atoms with Crippen LogP contribution in [0.1, 0.15) is 48.9 Å². The molecule has 18 heavy (non-hydrogen) atoms. The lowest BCUT2D eigenvalue weighted by atomic mass is 9.86. The summed E-state index contributed by atoms with van der Waals surface area (Å²) in [5, 5.41) is 10.3. The quantitative estimate of drug-likeness (QED) is 0.650. The van der Waals surface area contributed by atoms with Crippen LogP contribution in [0.5, 0.6) is 0 Å². The number of hydrogen-bond acceptors (Lipinski definition) is 2. The van der Waals surface area contributed by atoms with Crippen molar-refractivity contribution in [2.24, 2.45) is 0 Å². The standard InChI is InChI=1S/C14H16F2O2/c15-10-5-6-12(16)11(9-10)13(17)14(18)7-3-1-2-4-8-14/h5-6,9,18H,1-4,7-8H2. The first-order chi connectivity index (χ1) is 8.53. The number of hydrogen-bond donors (Lipinski definition) is 1. The average Bonchev–Trinajstić information content (AvgIpc) is 2.57. The van der Waals surface area contributed by atoms with Crippen molar-refractivity contribution in [3.8, 4) is 0 Å². The highest BCUT2D eigenvalue weighted by atomic mass is 19.1. The Bertz CT molecular complexity index is 449. The molecule has 0 saturated heterocycles. The van der Waals surface area contributed by atoms with Gasteiger partial charge in [-0.3, -0.25) is 4.79 Å². The number of ketones is 1. The van der Waals surface area contributed by atoms with Crippen LogP contribution < -0.4 is 0 Å². The van der Waals surface area contributed by atoms with Gasteiger partial charge in [0.2, 0.25) is 0 Å². The van der Waals surface area contributed by atoms with Crippen molar-refractivity contribution in [3.05, 3.63) is 35.4 Å². The molecule has 1 saturated carbocycles. The van der Waals surface area contributed by atoms with Crippen LogP contribution in [0.15, 0.2) is 18.2 Å². The van der Waals surface area contributed by atoms with Crippen molar-refractivity contribution in [1.29, 1.82) is 0 Å². The highest BCUT2D eigenvalue weighted by molar-refractivity contribution is 6.02. The van der Waals surface area contributed by atoms with E-state index in [0.717, 1.165) is 43.9 Å². The van der Waals surface area contributed by atoms with Crippen LogP contribution in [0, 0.1) is 11.6 Å². The first-order valence-corrected chi connectivity index (χ1v) is 6.25. The molecule has 98 valence electrons. The van der Waals surface area contributed by atoms with Crippen LogP contribution >= 0.6 is 0 Å². The van der Waals surface area contributed by atoms with E-state index in [1.807, 2.05) is 0 Å². The third-order valence-electron chi connectivity index (χ3n) is 3.53. The molecule has 0 aliphatic heterocycles. The van der Waals surface area contributed by atoms with Crippen LogP contribution in [0.2, 0.25) is 0 Å². The summed E-state index contributed by atoms with van der Waals surface area (Å²) in [6, 6.07) is 2.74. The van der Waals surface area contributed by atoms with Gasteiger partial charge in [-0.15, -0.1) is 0 Å². The minimum absolute atomic E-state index is 0.321. The predicted octanol–water partition coefficient (Wildman–Crippen LogP) is 3.23. The molecule has 2 nitrogen and oxygen atoms in total. The number of carbonyl (C=O) groups is 1. The van der Waals surface area contributed by atoms with Gasteiger partial charge in [0, 0.05) is 0 Å². The number of aliphatic hydroxyl groups is 1. The second kappa shape index (κ2) is 5.14.